The second-order valence-corrected chi connectivity index (χ2v) is 8.91. The highest BCUT2D eigenvalue weighted by atomic mass is 16.6. The van der Waals surface area contributed by atoms with Crippen LogP contribution in [-0.2, 0) is 23.9 Å². The van der Waals surface area contributed by atoms with Crippen LogP contribution in [0.3, 0.4) is 0 Å². The van der Waals surface area contributed by atoms with E-state index in [2.05, 4.69) is 22.5 Å². The fraction of sp³-hybridized carbons (Fsp3) is 0.296. The predicted molar refractivity (Wildman–Crippen MR) is 138 cm³/mol. The molecule has 0 spiro atoms. The van der Waals surface area contributed by atoms with Crippen molar-refractivity contribution in [2.24, 2.45) is 0 Å². The SMILES string of the molecule is C=CCOC(=O)NC[C@@H]1NC(=O)[C@H](CNC(=O)OCC2c3ccccc3-c3ccccc32)N(CC(=O)O)C1=O. The molecule has 2 aromatic rings. The monoisotopic (exact) mass is 536 g/mol. The van der Waals surface area contributed by atoms with Crippen molar-refractivity contribution in [3.05, 3.63) is 72.3 Å². The van der Waals surface area contributed by atoms with Gasteiger partial charge in [-0.2, -0.15) is 0 Å². The number of hydrogen-bond acceptors (Lipinski definition) is 7. The lowest BCUT2D eigenvalue weighted by atomic mass is 9.98. The first-order valence-electron chi connectivity index (χ1n) is 12.2. The van der Waals surface area contributed by atoms with Crippen molar-refractivity contribution < 1.29 is 38.6 Å². The number of benzene rings is 2. The molecule has 2 aromatic carbocycles. The van der Waals surface area contributed by atoms with Gasteiger partial charge in [-0.05, 0) is 22.3 Å². The van der Waals surface area contributed by atoms with Crippen molar-refractivity contribution in [1.29, 1.82) is 0 Å². The number of ether oxygens (including phenoxy) is 2. The minimum atomic E-state index is -1.35. The van der Waals surface area contributed by atoms with Crippen LogP contribution in [0, 0.1) is 0 Å². The van der Waals surface area contributed by atoms with E-state index < -0.39 is 48.6 Å². The Labute approximate surface area is 223 Å². The Bertz CT molecular complexity index is 1250. The summed E-state index contributed by atoms with van der Waals surface area (Å²) in [5, 5.41) is 16.5. The molecule has 2 atom stereocenters. The van der Waals surface area contributed by atoms with Gasteiger partial charge in [0.2, 0.25) is 11.8 Å². The van der Waals surface area contributed by atoms with E-state index in [0.29, 0.717) is 0 Å². The molecule has 1 aliphatic heterocycles. The molecule has 204 valence electrons. The number of carbonyl (C=O) groups is 5. The molecule has 0 aromatic heterocycles. The van der Waals surface area contributed by atoms with Gasteiger partial charge in [-0.1, -0.05) is 61.2 Å². The lowest BCUT2D eigenvalue weighted by Crippen LogP contribution is -2.68. The third-order valence-corrected chi connectivity index (χ3v) is 6.45. The molecule has 1 saturated heterocycles. The summed E-state index contributed by atoms with van der Waals surface area (Å²) in [5.41, 5.74) is 4.21. The van der Waals surface area contributed by atoms with Crippen molar-refractivity contribution in [3.63, 3.8) is 0 Å². The lowest BCUT2D eigenvalue weighted by molar-refractivity contribution is -0.154. The number of nitrogens with zero attached hydrogens (tertiary/aromatic N) is 1. The van der Waals surface area contributed by atoms with Crippen molar-refractivity contribution in [2.45, 2.75) is 18.0 Å². The summed E-state index contributed by atoms with van der Waals surface area (Å²) in [4.78, 5) is 62.1. The van der Waals surface area contributed by atoms with Crippen molar-refractivity contribution in [2.75, 3.05) is 32.8 Å². The van der Waals surface area contributed by atoms with E-state index in [4.69, 9.17) is 9.47 Å². The molecule has 1 fully saturated rings. The van der Waals surface area contributed by atoms with Gasteiger partial charge in [-0.25, -0.2) is 9.59 Å². The van der Waals surface area contributed by atoms with Gasteiger partial charge in [0.25, 0.3) is 0 Å². The molecular formula is C27H28N4O8. The molecule has 4 N–H and O–H groups in total. The number of rotatable bonds is 10. The van der Waals surface area contributed by atoms with Gasteiger partial charge < -0.3 is 35.4 Å². The van der Waals surface area contributed by atoms with Crippen LogP contribution >= 0.6 is 0 Å². The van der Waals surface area contributed by atoms with E-state index in [9.17, 15) is 29.1 Å². The Morgan fingerprint density at radius 2 is 1.54 bits per heavy atom. The summed E-state index contributed by atoms with van der Waals surface area (Å²) in [7, 11) is 0. The number of amides is 4. The topological polar surface area (TPSA) is 163 Å². The number of carboxylic acid groups (broad SMARTS) is 1. The zero-order valence-electron chi connectivity index (χ0n) is 20.9. The molecule has 1 heterocycles. The largest absolute Gasteiger partial charge is 0.480 e. The Morgan fingerprint density at radius 3 is 2.15 bits per heavy atom. The molecular weight excluding hydrogens is 508 g/mol. The average Bonchev–Trinajstić information content (AvgIpc) is 3.24. The van der Waals surface area contributed by atoms with Crippen molar-refractivity contribution in [1.82, 2.24) is 20.9 Å². The number of hydrogen-bond donors (Lipinski definition) is 4. The molecule has 12 heteroatoms. The highest BCUT2D eigenvalue weighted by Crippen LogP contribution is 2.44. The van der Waals surface area contributed by atoms with Gasteiger partial charge >= 0.3 is 18.2 Å². The van der Waals surface area contributed by atoms with Crippen LogP contribution in [-0.4, -0.2) is 84.9 Å². The van der Waals surface area contributed by atoms with Crippen LogP contribution in [0.5, 0.6) is 0 Å². The molecule has 0 bridgehead atoms. The minimum Gasteiger partial charge on any atom is -0.480 e. The number of nitrogens with one attached hydrogen (secondary N) is 3. The summed E-state index contributed by atoms with van der Waals surface area (Å²) in [5.74, 6) is -2.94. The molecule has 0 unspecified atom stereocenters. The number of fused-ring (bicyclic) bond motifs is 3. The number of piperazine rings is 1. The number of aliphatic carboxylic acids is 1. The number of carbonyl (C=O) groups excluding carboxylic acids is 4. The average molecular weight is 537 g/mol. The van der Waals surface area contributed by atoms with Crippen LogP contribution in [0.2, 0.25) is 0 Å². The van der Waals surface area contributed by atoms with Gasteiger partial charge in [-0.3, -0.25) is 14.4 Å². The molecule has 1 aliphatic carbocycles. The summed E-state index contributed by atoms with van der Waals surface area (Å²) in [6.07, 6.45) is -0.294. The number of carboxylic acids is 1. The zero-order valence-corrected chi connectivity index (χ0v) is 20.9. The molecule has 4 rings (SSSR count). The maximum absolute atomic E-state index is 12.9. The first-order chi connectivity index (χ1) is 18.8. The Hall–Kier alpha value is -4.87. The fourth-order valence-electron chi connectivity index (χ4n) is 4.70. The van der Waals surface area contributed by atoms with E-state index in [0.717, 1.165) is 27.2 Å². The highest BCUT2D eigenvalue weighted by molar-refractivity contribution is 5.99. The van der Waals surface area contributed by atoms with Crippen LogP contribution < -0.4 is 16.0 Å². The quantitative estimate of drug-likeness (QED) is 0.329. The summed E-state index contributed by atoms with van der Waals surface area (Å²) >= 11 is 0. The third kappa shape index (κ3) is 6.17. The molecule has 12 nitrogen and oxygen atoms in total. The second kappa shape index (κ2) is 12.1. The molecule has 0 radical (unpaired) electrons. The van der Waals surface area contributed by atoms with Crippen molar-refractivity contribution >= 4 is 30.0 Å². The maximum Gasteiger partial charge on any atom is 0.407 e. The van der Waals surface area contributed by atoms with E-state index in [1.165, 1.54) is 6.08 Å². The van der Waals surface area contributed by atoms with Crippen LogP contribution in [0.15, 0.2) is 61.2 Å². The standard InChI is InChI=1S/C27H28N4O8/c1-2-11-38-26(36)28-12-21-25(35)31(14-23(32)33)22(24(34)30-21)13-29-27(37)39-15-20-18-9-5-3-7-16(18)17-8-4-6-10-19(17)20/h2-10,20-22H,1,11-15H2,(H,28,36)(H,29,37)(H,30,34)(H,32,33)/t21-,22-/m0/s1. The fourth-order valence-corrected chi connectivity index (χ4v) is 4.70. The third-order valence-electron chi connectivity index (χ3n) is 6.45. The molecule has 0 saturated carbocycles. The Kier molecular flexibility index (Phi) is 8.44. The van der Waals surface area contributed by atoms with Gasteiger partial charge in [0, 0.05) is 5.92 Å². The first-order valence-corrected chi connectivity index (χ1v) is 12.2. The normalized spacial score (nSPS) is 17.9. The van der Waals surface area contributed by atoms with E-state index in [1.807, 2.05) is 48.5 Å². The van der Waals surface area contributed by atoms with Gasteiger partial charge in [0.05, 0.1) is 13.1 Å². The van der Waals surface area contributed by atoms with Crippen LogP contribution in [0.25, 0.3) is 11.1 Å². The lowest BCUT2D eigenvalue weighted by Gasteiger charge is -2.38. The Balaban J connectivity index is 1.35. The van der Waals surface area contributed by atoms with Crippen LogP contribution in [0.4, 0.5) is 9.59 Å². The summed E-state index contributed by atoms with van der Waals surface area (Å²) in [6.45, 7) is 1.94. The van der Waals surface area contributed by atoms with Gasteiger partial charge in [0.15, 0.2) is 0 Å². The maximum atomic E-state index is 12.9. The predicted octanol–water partition coefficient (Wildman–Crippen LogP) is 1.22. The van der Waals surface area contributed by atoms with Gasteiger partial charge in [0.1, 0.15) is 31.8 Å². The Morgan fingerprint density at radius 1 is 0.949 bits per heavy atom. The summed E-state index contributed by atoms with van der Waals surface area (Å²) in [6, 6.07) is 13.2. The molecule has 4 amide bonds. The highest BCUT2D eigenvalue weighted by Gasteiger charge is 2.41. The second-order valence-electron chi connectivity index (χ2n) is 8.91. The number of alkyl carbamates (subject to hydrolysis) is 2. The first kappa shape index (κ1) is 27.2. The van der Waals surface area contributed by atoms with E-state index in [-0.39, 0.29) is 32.2 Å². The van der Waals surface area contributed by atoms with Crippen LogP contribution in [0.1, 0.15) is 17.0 Å². The van der Waals surface area contributed by atoms with Crippen molar-refractivity contribution in [3.8, 4) is 11.1 Å². The van der Waals surface area contributed by atoms with Gasteiger partial charge in [-0.15, -0.1) is 0 Å². The summed E-state index contributed by atoms with van der Waals surface area (Å²) < 4.78 is 10.2. The smallest absolute Gasteiger partial charge is 0.407 e. The minimum absolute atomic E-state index is 0.0458. The molecule has 2 aliphatic rings. The zero-order chi connectivity index (χ0) is 27.9. The van der Waals surface area contributed by atoms with E-state index in [1.54, 1.807) is 0 Å². The molecule has 39 heavy (non-hydrogen) atoms. The van der Waals surface area contributed by atoms with E-state index >= 15 is 0 Å².